The maximum atomic E-state index is 11.7. The smallest absolute Gasteiger partial charge is 0.174 e. The second kappa shape index (κ2) is 6.64. The fourth-order valence-corrected chi connectivity index (χ4v) is 2.88. The summed E-state index contributed by atoms with van der Waals surface area (Å²) in [6.45, 7) is 8.18. The van der Waals surface area contributed by atoms with Gasteiger partial charge in [0.15, 0.2) is 5.78 Å². The van der Waals surface area contributed by atoms with Crippen LogP contribution in [-0.4, -0.2) is 18.9 Å². The summed E-state index contributed by atoms with van der Waals surface area (Å²) in [5.41, 5.74) is 6.53. The molecular formula is C13H22N2OS. The average molecular weight is 254 g/mol. The van der Waals surface area contributed by atoms with E-state index in [9.17, 15) is 4.79 Å². The number of ketones is 1. The number of rotatable bonds is 7. The Bertz CT molecular complexity index is 373. The van der Waals surface area contributed by atoms with Crippen LogP contribution in [0.3, 0.4) is 0 Å². The number of thiophene rings is 1. The van der Waals surface area contributed by atoms with E-state index in [1.54, 1.807) is 0 Å². The summed E-state index contributed by atoms with van der Waals surface area (Å²) in [7, 11) is 0. The quantitative estimate of drug-likeness (QED) is 0.757. The number of Topliss-reactive ketones (excluding diaryl/α,β-unsaturated/α-hetero) is 1. The van der Waals surface area contributed by atoms with E-state index in [0.717, 1.165) is 23.0 Å². The molecule has 3 nitrogen and oxygen atoms in total. The first kappa shape index (κ1) is 14.0. The van der Waals surface area contributed by atoms with E-state index >= 15 is 0 Å². The van der Waals surface area contributed by atoms with Crippen LogP contribution in [0.5, 0.6) is 0 Å². The van der Waals surface area contributed by atoms with Gasteiger partial charge in [-0.1, -0.05) is 20.3 Å². The molecule has 0 aliphatic heterocycles. The molecular weight excluding hydrogens is 232 g/mol. The highest BCUT2D eigenvalue weighted by Gasteiger charge is 2.15. The molecule has 0 aliphatic carbocycles. The molecule has 17 heavy (non-hydrogen) atoms. The van der Waals surface area contributed by atoms with E-state index in [1.807, 2.05) is 13.0 Å². The lowest BCUT2D eigenvalue weighted by molar-refractivity contribution is 0.0993. The van der Waals surface area contributed by atoms with Gasteiger partial charge in [-0.3, -0.25) is 4.79 Å². The van der Waals surface area contributed by atoms with Crippen molar-refractivity contribution in [3.05, 3.63) is 10.9 Å². The fraction of sp³-hybridized carbons (Fsp3) is 0.615. The summed E-state index contributed by atoms with van der Waals surface area (Å²) >= 11 is 1.53. The molecule has 1 heterocycles. The van der Waals surface area contributed by atoms with Gasteiger partial charge in [-0.15, -0.1) is 11.3 Å². The predicted molar refractivity (Wildman–Crippen MR) is 76.1 cm³/mol. The first-order chi connectivity index (χ1) is 8.13. The lowest BCUT2D eigenvalue weighted by Crippen LogP contribution is -2.22. The van der Waals surface area contributed by atoms with Gasteiger partial charge >= 0.3 is 0 Å². The molecule has 0 unspecified atom stereocenters. The number of carbonyl (C=O) groups is 1. The van der Waals surface area contributed by atoms with Crippen molar-refractivity contribution >= 4 is 27.8 Å². The third-order valence-corrected chi connectivity index (χ3v) is 4.05. The van der Waals surface area contributed by atoms with Crippen LogP contribution in [0, 0.1) is 0 Å². The van der Waals surface area contributed by atoms with E-state index in [0.29, 0.717) is 12.1 Å². The maximum Gasteiger partial charge on any atom is 0.174 e. The van der Waals surface area contributed by atoms with Crippen LogP contribution >= 0.6 is 11.3 Å². The van der Waals surface area contributed by atoms with E-state index in [1.165, 1.54) is 24.2 Å². The lowest BCUT2D eigenvalue weighted by atomic mass is 10.2. The zero-order chi connectivity index (χ0) is 12.8. The summed E-state index contributed by atoms with van der Waals surface area (Å²) in [5.74, 6) is 0.144. The molecule has 2 N–H and O–H groups in total. The zero-order valence-corrected chi connectivity index (χ0v) is 11.8. The molecule has 0 spiro atoms. The molecule has 0 fully saturated rings. The number of nitrogens with two attached hydrogens (primary N) is 1. The zero-order valence-electron chi connectivity index (χ0n) is 11.0. The van der Waals surface area contributed by atoms with Gasteiger partial charge in [0.1, 0.15) is 0 Å². The summed E-state index contributed by atoms with van der Waals surface area (Å²) in [5, 5.41) is 1.12. The van der Waals surface area contributed by atoms with E-state index in [4.69, 9.17) is 5.73 Å². The van der Waals surface area contributed by atoms with Gasteiger partial charge in [-0.25, -0.2) is 0 Å². The minimum Gasteiger partial charge on any atom is -0.397 e. The molecule has 1 aromatic rings. The van der Waals surface area contributed by atoms with Crippen molar-refractivity contribution in [1.82, 2.24) is 0 Å². The van der Waals surface area contributed by atoms with Crippen molar-refractivity contribution in [2.24, 2.45) is 0 Å². The van der Waals surface area contributed by atoms with Crippen molar-refractivity contribution in [3.8, 4) is 0 Å². The molecule has 0 radical (unpaired) electrons. The third kappa shape index (κ3) is 3.46. The Morgan fingerprint density at radius 2 is 2.12 bits per heavy atom. The Morgan fingerprint density at radius 1 is 1.41 bits per heavy atom. The highest BCUT2D eigenvalue weighted by Crippen LogP contribution is 2.33. The topological polar surface area (TPSA) is 46.3 Å². The lowest BCUT2D eigenvalue weighted by Gasteiger charge is -2.20. The van der Waals surface area contributed by atoms with Crippen LogP contribution in [-0.2, 0) is 0 Å². The van der Waals surface area contributed by atoms with Crippen LogP contribution in [0.15, 0.2) is 6.07 Å². The Kier molecular flexibility index (Phi) is 5.48. The molecule has 0 amide bonds. The van der Waals surface area contributed by atoms with E-state index < -0.39 is 0 Å². The summed E-state index contributed by atoms with van der Waals surface area (Å²) < 4.78 is 0. The SMILES string of the molecule is CCCCN(CC)c1cc(N)c(C(=O)CC)s1. The van der Waals surface area contributed by atoms with Crippen molar-refractivity contribution in [3.63, 3.8) is 0 Å². The van der Waals surface area contributed by atoms with E-state index in [-0.39, 0.29) is 5.78 Å². The van der Waals surface area contributed by atoms with Gasteiger partial charge in [0.25, 0.3) is 0 Å². The second-order valence-electron chi connectivity index (χ2n) is 4.08. The van der Waals surface area contributed by atoms with Gasteiger partial charge in [0.2, 0.25) is 0 Å². The summed E-state index contributed by atoms with van der Waals surface area (Å²) in [6, 6.07) is 1.94. The van der Waals surface area contributed by atoms with Crippen molar-refractivity contribution in [1.29, 1.82) is 0 Å². The van der Waals surface area contributed by atoms with Gasteiger partial charge < -0.3 is 10.6 Å². The van der Waals surface area contributed by atoms with Gasteiger partial charge in [0.05, 0.1) is 15.6 Å². The van der Waals surface area contributed by atoms with Gasteiger partial charge in [0, 0.05) is 19.5 Å². The first-order valence-corrected chi connectivity index (χ1v) is 7.13. The molecule has 0 aliphatic rings. The standard InChI is InChI=1S/C13H22N2OS/c1-4-7-8-15(6-3)12-9-10(14)13(17-12)11(16)5-2/h9H,4-8,14H2,1-3H3. The Labute approximate surface area is 108 Å². The molecule has 96 valence electrons. The Hall–Kier alpha value is -1.03. The van der Waals surface area contributed by atoms with Crippen LogP contribution in [0.25, 0.3) is 0 Å². The number of anilines is 2. The number of carbonyl (C=O) groups excluding carboxylic acids is 1. The van der Waals surface area contributed by atoms with Crippen LogP contribution in [0.1, 0.15) is 49.7 Å². The maximum absolute atomic E-state index is 11.7. The molecule has 0 aromatic carbocycles. The molecule has 0 atom stereocenters. The third-order valence-electron chi connectivity index (χ3n) is 2.80. The largest absolute Gasteiger partial charge is 0.397 e. The van der Waals surface area contributed by atoms with Crippen molar-refractivity contribution in [2.75, 3.05) is 23.7 Å². The number of unbranched alkanes of at least 4 members (excludes halogenated alkanes) is 1. The minimum atomic E-state index is 0.144. The monoisotopic (exact) mass is 254 g/mol. The number of nitrogens with zero attached hydrogens (tertiary/aromatic N) is 1. The molecule has 1 rings (SSSR count). The summed E-state index contributed by atoms with van der Waals surface area (Å²) in [6.07, 6.45) is 2.87. The molecule has 0 saturated heterocycles. The second-order valence-corrected chi connectivity index (χ2v) is 5.11. The predicted octanol–water partition coefficient (Wildman–Crippen LogP) is 3.55. The number of nitrogen functional groups attached to an aromatic ring is 1. The molecule has 4 heteroatoms. The Morgan fingerprint density at radius 3 is 2.65 bits per heavy atom. The highest BCUT2D eigenvalue weighted by atomic mass is 32.1. The average Bonchev–Trinajstić information content (AvgIpc) is 2.71. The fourth-order valence-electron chi connectivity index (χ4n) is 1.70. The first-order valence-electron chi connectivity index (χ1n) is 6.31. The minimum absolute atomic E-state index is 0.144. The van der Waals surface area contributed by atoms with Gasteiger partial charge in [-0.2, -0.15) is 0 Å². The number of hydrogen-bond acceptors (Lipinski definition) is 4. The van der Waals surface area contributed by atoms with Gasteiger partial charge in [-0.05, 0) is 19.4 Å². The van der Waals surface area contributed by atoms with Crippen molar-refractivity contribution < 1.29 is 4.79 Å². The normalized spacial score (nSPS) is 10.5. The molecule has 0 saturated carbocycles. The highest BCUT2D eigenvalue weighted by molar-refractivity contribution is 7.18. The molecule has 0 bridgehead atoms. The van der Waals surface area contributed by atoms with E-state index in [2.05, 4.69) is 18.7 Å². The van der Waals surface area contributed by atoms with Crippen LogP contribution < -0.4 is 10.6 Å². The van der Waals surface area contributed by atoms with Crippen LogP contribution in [0.4, 0.5) is 10.7 Å². The summed E-state index contributed by atoms with van der Waals surface area (Å²) in [4.78, 5) is 14.7. The van der Waals surface area contributed by atoms with Crippen LogP contribution in [0.2, 0.25) is 0 Å². The molecule has 1 aromatic heterocycles. The Balaban J connectivity index is 2.86. The number of hydrogen-bond donors (Lipinski definition) is 1. The van der Waals surface area contributed by atoms with Crippen molar-refractivity contribution in [2.45, 2.75) is 40.0 Å².